The summed E-state index contributed by atoms with van der Waals surface area (Å²) in [6.45, 7) is 2.24. The summed E-state index contributed by atoms with van der Waals surface area (Å²) >= 11 is 7.77. The molecule has 104 valence electrons. The van der Waals surface area contributed by atoms with Gasteiger partial charge in [0, 0.05) is 16.5 Å². The number of rotatable bonds is 4. The summed E-state index contributed by atoms with van der Waals surface area (Å²) in [5.74, 6) is 1.67. The van der Waals surface area contributed by atoms with E-state index in [1.54, 1.807) is 11.8 Å². The fraction of sp³-hybridized carbons (Fsp3) is 0.500. The fourth-order valence-electron chi connectivity index (χ4n) is 2.22. The Balaban J connectivity index is 2.20. The Morgan fingerprint density at radius 2 is 2.42 bits per heavy atom. The van der Waals surface area contributed by atoms with Crippen LogP contribution in [-0.2, 0) is 9.53 Å². The van der Waals surface area contributed by atoms with Crippen LogP contribution in [0.3, 0.4) is 0 Å². The first-order valence-corrected chi connectivity index (χ1v) is 7.98. The zero-order valence-electron chi connectivity index (χ0n) is 10.9. The highest BCUT2D eigenvalue weighted by Gasteiger charge is 2.41. The van der Waals surface area contributed by atoms with Crippen LogP contribution in [0.4, 0.5) is 5.69 Å². The Morgan fingerprint density at radius 1 is 1.58 bits per heavy atom. The van der Waals surface area contributed by atoms with E-state index in [9.17, 15) is 4.79 Å². The number of esters is 1. The van der Waals surface area contributed by atoms with Crippen molar-refractivity contribution < 1.29 is 9.53 Å². The second-order valence-corrected chi connectivity index (χ2v) is 6.14. The SMILES string of the molecule is CCOC(=O)C1(Nc2cccc(Cl)c2)CCCSC1. The van der Waals surface area contributed by atoms with E-state index in [1.807, 2.05) is 31.2 Å². The summed E-state index contributed by atoms with van der Waals surface area (Å²) in [4.78, 5) is 12.3. The zero-order chi connectivity index (χ0) is 13.7. The van der Waals surface area contributed by atoms with Crippen molar-refractivity contribution in [2.45, 2.75) is 25.3 Å². The molecular weight excluding hydrogens is 282 g/mol. The van der Waals surface area contributed by atoms with E-state index in [4.69, 9.17) is 16.3 Å². The van der Waals surface area contributed by atoms with Gasteiger partial charge in [-0.3, -0.25) is 0 Å². The molecule has 1 N–H and O–H groups in total. The number of carbonyl (C=O) groups excluding carboxylic acids is 1. The second-order valence-electron chi connectivity index (χ2n) is 4.59. The van der Waals surface area contributed by atoms with Crippen LogP contribution in [0.15, 0.2) is 24.3 Å². The minimum atomic E-state index is -0.621. The molecule has 0 aliphatic carbocycles. The molecule has 1 aromatic carbocycles. The predicted molar refractivity (Wildman–Crippen MR) is 81.0 cm³/mol. The highest BCUT2D eigenvalue weighted by Crippen LogP contribution is 2.32. The molecule has 1 fully saturated rings. The third kappa shape index (κ3) is 3.57. The molecule has 1 saturated heterocycles. The minimum Gasteiger partial charge on any atom is -0.464 e. The molecule has 3 nitrogen and oxygen atoms in total. The summed E-state index contributed by atoms with van der Waals surface area (Å²) in [5, 5.41) is 4.00. The summed E-state index contributed by atoms with van der Waals surface area (Å²) in [6.07, 6.45) is 1.81. The summed E-state index contributed by atoms with van der Waals surface area (Å²) in [7, 11) is 0. The topological polar surface area (TPSA) is 38.3 Å². The third-order valence-corrected chi connectivity index (χ3v) is 4.62. The van der Waals surface area contributed by atoms with Crippen molar-refractivity contribution in [2.75, 3.05) is 23.4 Å². The summed E-state index contributed by atoms with van der Waals surface area (Å²) < 4.78 is 5.24. The van der Waals surface area contributed by atoms with Gasteiger partial charge in [0.15, 0.2) is 0 Å². The molecule has 0 amide bonds. The standard InChI is InChI=1S/C14H18ClNO2S/c1-2-18-13(17)14(7-4-8-19-10-14)16-12-6-3-5-11(15)9-12/h3,5-6,9,16H,2,4,7-8,10H2,1H3. The van der Waals surface area contributed by atoms with Crippen LogP contribution in [0.5, 0.6) is 0 Å². The van der Waals surface area contributed by atoms with Crippen molar-refractivity contribution in [3.8, 4) is 0 Å². The van der Waals surface area contributed by atoms with E-state index in [2.05, 4.69) is 5.32 Å². The zero-order valence-corrected chi connectivity index (χ0v) is 12.5. The molecule has 0 aromatic heterocycles. The molecule has 5 heteroatoms. The average Bonchev–Trinajstić information content (AvgIpc) is 2.40. The lowest BCUT2D eigenvalue weighted by atomic mass is 9.95. The number of benzene rings is 1. The fourth-order valence-corrected chi connectivity index (χ4v) is 3.58. The molecule has 1 atom stereocenters. The number of anilines is 1. The van der Waals surface area contributed by atoms with Gasteiger partial charge in [-0.1, -0.05) is 17.7 Å². The van der Waals surface area contributed by atoms with Gasteiger partial charge in [-0.25, -0.2) is 4.79 Å². The predicted octanol–water partition coefficient (Wildman–Crippen LogP) is 3.58. The van der Waals surface area contributed by atoms with Gasteiger partial charge in [-0.15, -0.1) is 0 Å². The third-order valence-electron chi connectivity index (χ3n) is 3.12. The van der Waals surface area contributed by atoms with E-state index in [0.29, 0.717) is 11.6 Å². The Morgan fingerprint density at radius 3 is 3.05 bits per heavy atom. The van der Waals surface area contributed by atoms with Gasteiger partial charge < -0.3 is 10.1 Å². The molecule has 1 unspecified atom stereocenters. The van der Waals surface area contributed by atoms with E-state index in [1.165, 1.54) is 0 Å². The van der Waals surface area contributed by atoms with Crippen LogP contribution < -0.4 is 5.32 Å². The Bertz CT molecular complexity index is 447. The van der Waals surface area contributed by atoms with Gasteiger partial charge in [0.2, 0.25) is 0 Å². The molecule has 1 aromatic rings. The average molecular weight is 300 g/mol. The highest BCUT2D eigenvalue weighted by molar-refractivity contribution is 7.99. The Kier molecular flexibility index (Phi) is 4.99. The maximum absolute atomic E-state index is 12.3. The number of carbonyl (C=O) groups is 1. The Hall–Kier alpha value is -0.870. The number of ether oxygens (including phenoxy) is 1. The highest BCUT2D eigenvalue weighted by atomic mass is 35.5. The van der Waals surface area contributed by atoms with Crippen LogP contribution in [0.25, 0.3) is 0 Å². The maximum atomic E-state index is 12.3. The summed E-state index contributed by atoms with van der Waals surface area (Å²) in [5.41, 5.74) is 0.243. The molecule has 0 spiro atoms. The molecule has 0 bridgehead atoms. The van der Waals surface area contributed by atoms with E-state index in [0.717, 1.165) is 30.0 Å². The monoisotopic (exact) mass is 299 g/mol. The molecule has 0 saturated carbocycles. The van der Waals surface area contributed by atoms with Gasteiger partial charge >= 0.3 is 5.97 Å². The number of nitrogens with one attached hydrogen (secondary N) is 1. The molecule has 1 aliphatic heterocycles. The van der Waals surface area contributed by atoms with Crippen molar-refractivity contribution in [1.29, 1.82) is 0 Å². The summed E-state index contributed by atoms with van der Waals surface area (Å²) in [6, 6.07) is 7.45. The van der Waals surface area contributed by atoms with Crippen LogP contribution >= 0.6 is 23.4 Å². The van der Waals surface area contributed by atoms with Gasteiger partial charge in [0.25, 0.3) is 0 Å². The Labute approximate surface area is 123 Å². The quantitative estimate of drug-likeness (QED) is 0.863. The van der Waals surface area contributed by atoms with Crippen molar-refractivity contribution in [2.24, 2.45) is 0 Å². The van der Waals surface area contributed by atoms with Gasteiger partial charge in [-0.2, -0.15) is 11.8 Å². The van der Waals surface area contributed by atoms with Crippen molar-refractivity contribution in [3.05, 3.63) is 29.3 Å². The lowest BCUT2D eigenvalue weighted by Crippen LogP contribution is -2.51. The molecule has 0 radical (unpaired) electrons. The van der Waals surface area contributed by atoms with Gasteiger partial charge in [0.05, 0.1) is 6.61 Å². The first-order chi connectivity index (χ1) is 9.16. The number of hydrogen-bond donors (Lipinski definition) is 1. The largest absolute Gasteiger partial charge is 0.464 e. The molecule has 1 heterocycles. The normalized spacial score (nSPS) is 22.8. The van der Waals surface area contributed by atoms with Crippen LogP contribution in [0.2, 0.25) is 5.02 Å². The first-order valence-electron chi connectivity index (χ1n) is 6.45. The number of halogens is 1. The second kappa shape index (κ2) is 6.53. The minimum absolute atomic E-state index is 0.165. The van der Waals surface area contributed by atoms with Gasteiger partial charge in [0.1, 0.15) is 5.54 Å². The van der Waals surface area contributed by atoms with E-state index < -0.39 is 5.54 Å². The van der Waals surface area contributed by atoms with Gasteiger partial charge in [-0.05, 0) is 43.7 Å². The smallest absolute Gasteiger partial charge is 0.332 e. The van der Waals surface area contributed by atoms with Crippen molar-refractivity contribution in [1.82, 2.24) is 0 Å². The van der Waals surface area contributed by atoms with Crippen molar-refractivity contribution >= 4 is 35.0 Å². The molecular formula is C14H18ClNO2S. The van der Waals surface area contributed by atoms with Crippen LogP contribution in [0.1, 0.15) is 19.8 Å². The number of hydrogen-bond acceptors (Lipinski definition) is 4. The van der Waals surface area contributed by atoms with E-state index in [-0.39, 0.29) is 5.97 Å². The molecule has 2 rings (SSSR count). The molecule has 19 heavy (non-hydrogen) atoms. The maximum Gasteiger partial charge on any atom is 0.332 e. The number of thioether (sulfide) groups is 1. The lowest BCUT2D eigenvalue weighted by molar-refractivity contribution is -0.148. The van der Waals surface area contributed by atoms with Crippen LogP contribution in [-0.4, -0.2) is 29.6 Å². The lowest BCUT2D eigenvalue weighted by Gasteiger charge is -2.36. The van der Waals surface area contributed by atoms with Crippen LogP contribution in [0, 0.1) is 0 Å². The first kappa shape index (κ1) is 14.5. The molecule has 1 aliphatic rings. The van der Waals surface area contributed by atoms with Crippen molar-refractivity contribution in [3.63, 3.8) is 0 Å². The van der Waals surface area contributed by atoms with E-state index >= 15 is 0 Å².